The smallest absolute Gasteiger partial charge is 0.243 e. The van der Waals surface area contributed by atoms with Crippen LogP contribution in [0.4, 0.5) is 5.69 Å². The van der Waals surface area contributed by atoms with Crippen LogP contribution in [0, 0.1) is 6.92 Å². The van der Waals surface area contributed by atoms with Gasteiger partial charge in [-0.3, -0.25) is 4.79 Å². The zero-order valence-electron chi connectivity index (χ0n) is 21.8. The molecule has 0 aliphatic carbocycles. The Morgan fingerprint density at radius 2 is 1.42 bits per heavy atom. The van der Waals surface area contributed by atoms with Gasteiger partial charge in [0.2, 0.25) is 26.0 Å². The Labute approximate surface area is 223 Å². The van der Waals surface area contributed by atoms with Crippen LogP contribution in [0.5, 0.6) is 11.5 Å². The summed E-state index contributed by atoms with van der Waals surface area (Å²) >= 11 is 0. The Kier molecular flexibility index (Phi) is 9.15. The second kappa shape index (κ2) is 11.9. The van der Waals surface area contributed by atoms with Gasteiger partial charge in [0.15, 0.2) is 11.5 Å². The van der Waals surface area contributed by atoms with Gasteiger partial charge >= 0.3 is 0 Å². The van der Waals surface area contributed by atoms with E-state index in [9.17, 15) is 21.6 Å². The molecule has 0 fully saturated rings. The van der Waals surface area contributed by atoms with E-state index in [1.807, 2.05) is 0 Å². The van der Waals surface area contributed by atoms with E-state index >= 15 is 0 Å². The highest BCUT2D eigenvalue weighted by atomic mass is 32.2. The summed E-state index contributed by atoms with van der Waals surface area (Å²) in [5, 5.41) is 2.67. The van der Waals surface area contributed by atoms with Crippen LogP contribution in [-0.4, -0.2) is 66.2 Å². The molecule has 3 aromatic rings. The van der Waals surface area contributed by atoms with Crippen LogP contribution in [0.1, 0.15) is 11.1 Å². The third-order valence-electron chi connectivity index (χ3n) is 5.78. The molecule has 1 amide bonds. The molecular weight excluding hydrogens is 530 g/mol. The maximum atomic E-state index is 13.7. The number of rotatable bonds is 11. The number of benzene rings is 3. The second-order valence-electron chi connectivity index (χ2n) is 8.59. The average Bonchev–Trinajstić information content (AvgIpc) is 2.89. The van der Waals surface area contributed by atoms with Crippen LogP contribution in [0.2, 0.25) is 0 Å². The number of carbonyl (C=O) groups is 1. The van der Waals surface area contributed by atoms with Gasteiger partial charge in [0.05, 0.1) is 30.6 Å². The Hall–Kier alpha value is -3.45. The maximum Gasteiger partial charge on any atom is 0.243 e. The first-order chi connectivity index (χ1) is 17.9. The normalized spacial score (nSPS) is 12.0. The number of sulfonamides is 2. The lowest BCUT2D eigenvalue weighted by molar-refractivity contribution is -0.116. The number of nitrogens with zero attached hydrogens (tertiary/aromatic N) is 2. The predicted octanol–water partition coefficient (Wildman–Crippen LogP) is 3.09. The van der Waals surface area contributed by atoms with Gasteiger partial charge in [-0.2, -0.15) is 4.31 Å². The fourth-order valence-electron chi connectivity index (χ4n) is 3.60. The number of aryl methyl sites for hydroxylation is 1. The summed E-state index contributed by atoms with van der Waals surface area (Å²) in [5.74, 6) is -0.0402. The second-order valence-corrected chi connectivity index (χ2v) is 12.7. The number of methoxy groups -OCH3 is 2. The van der Waals surface area contributed by atoms with E-state index in [0.717, 1.165) is 8.61 Å². The highest BCUT2D eigenvalue weighted by Gasteiger charge is 2.28. The lowest BCUT2D eigenvalue weighted by Gasteiger charge is -2.23. The van der Waals surface area contributed by atoms with Gasteiger partial charge in [0, 0.05) is 32.4 Å². The fourth-order valence-corrected chi connectivity index (χ4v) is 5.92. The van der Waals surface area contributed by atoms with Crippen LogP contribution >= 0.6 is 0 Å². The molecule has 3 aromatic carbocycles. The Morgan fingerprint density at radius 3 is 2.03 bits per heavy atom. The molecule has 0 unspecified atom stereocenters. The topological polar surface area (TPSA) is 122 Å². The number of anilines is 1. The van der Waals surface area contributed by atoms with Gasteiger partial charge in [-0.25, -0.2) is 21.1 Å². The van der Waals surface area contributed by atoms with E-state index in [1.54, 1.807) is 43.3 Å². The van der Waals surface area contributed by atoms with Gasteiger partial charge in [0.1, 0.15) is 0 Å². The number of ether oxygens (including phenoxy) is 2. The molecule has 38 heavy (non-hydrogen) atoms. The van der Waals surface area contributed by atoms with Crippen LogP contribution < -0.4 is 14.8 Å². The van der Waals surface area contributed by atoms with Gasteiger partial charge in [0.25, 0.3) is 0 Å². The van der Waals surface area contributed by atoms with Crippen molar-refractivity contribution in [2.75, 3.05) is 40.2 Å². The molecule has 0 atom stereocenters. The standard InChI is InChI=1S/C26H31N3O7S2/c1-19-11-12-21(37(31,32)28(2)3)15-23(19)27-26(30)18-29(17-20-9-7-6-8-10-20)38(33,34)22-13-14-24(35-4)25(16-22)36-5/h6-16H,17-18H2,1-5H3,(H,27,30). The lowest BCUT2D eigenvalue weighted by Crippen LogP contribution is -2.37. The number of carbonyl (C=O) groups excluding carboxylic acids is 1. The molecule has 10 nitrogen and oxygen atoms in total. The van der Waals surface area contributed by atoms with E-state index < -0.39 is 32.5 Å². The van der Waals surface area contributed by atoms with Gasteiger partial charge in [-0.05, 0) is 42.3 Å². The van der Waals surface area contributed by atoms with Gasteiger partial charge in [-0.15, -0.1) is 0 Å². The summed E-state index contributed by atoms with van der Waals surface area (Å²) in [4.78, 5) is 13.1. The minimum atomic E-state index is -4.16. The van der Waals surface area contributed by atoms with Crippen molar-refractivity contribution in [1.29, 1.82) is 0 Å². The zero-order chi connectivity index (χ0) is 28.1. The first-order valence-electron chi connectivity index (χ1n) is 11.5. The molecule has 0 radical (unpaired) electrons. The molecule has 0 spiro atoms. The highest BCUT2D eigenvalue weighted by molar-refractivity contribution is 7.89. The van der Waals surface area contributed by atoms with Crippen molar-refractivity contribution in [3.05, 3.63) is 77.9 Å². The third-order valence-corrected chi connectivity index (χ3v) is 9.37. The van der Waals surface area contributed by atoms with Crippen molar-refractivity contribution in [2.24, 2.45) is 0 Å². The van der Waals surface area contributed by atoms with Crippen LogP contribution in [0.25, 0.3) is 0 Å². The summed E-state index contributed by atoms with van der Waals surface area (Å²) in [7, 11) is -2.23. The first kappa shape index (κ1) is 29.1. The molecular formula is C26H31N3O7S2. The molecule has 204 valence electrons. The van der Waals surface area contributed by atoms with Crippen molar-refractivity contribution in [2.45, 2.75) is 23.3 Å². The zero-order valence-corrected chi connectivity index (χ0v) is 23.5. The predicted molar refractivity (Wildman–Crippen MR) is 144 cm³/mol. The molecule has 1 N–H and O–H groups in total. The molecule has 3 rings (SSSR count). The van der Waals surface area contributed by atoms with Crippen molar-refractivity contribution < 1.29 is 31.1 Å². The number of hydrogen-bond donors (Lipinski definition) is 1. The molecule has 0 aliphatic rings. The Morgan fingerprint density at radius 1 is 0.816 bits per heavy atom. The maximum absolute atomic E-state index is 13.7. The minimum absolute atomic E-state index is 0.00231. The minimum Gasteiger partial charge on any atom is -0.493 e. The summed E-state index contributed by atoms with van der Waals surface area (Å²) in [6, 6.07) is 17.4. The van der Waals surface area contributed by atoms with Crippen molar-refractivity contribution in [3.63, 3.8) is 0 Å². The molecule has 0 saturated heterocycles. The quantitative estimate of drug-likeness (QED) is 0.382. The fraction of sp³-hybridized carbons (Fsp3) is 0.269. The molecule has 0 aromatic heterocycles. The Bertz CT molecular complexity index is 1510. The van der Waals surface area contributed by atoms with Crippen molar-refractivity contribution >= 4 is 31.6 Å². The first-order valence-corrected chi connectivity index (χ1v) is 14.4. The van der Waals surface area contributed by atoms with Gasteiger partial charge in [-0.1, -0.05) is 36.4 Å². The number of hydrogen-bond acceptors (Lipinski definition) is 7. The molecule has 0 heterocycles. The van der Waals surface area contributed by atoms with E-state index in [-0.39, 0.29) is 27.8 Å². The number of nitrogens with one attached hydrogen (secondary N) is 1. The lowest BCUT2D eigenvalue weighted by atomic mass is 10.2. The van der Waals surface area contributed by atoms with Gasteiger partial charge < -0.3 is 14.8 Å². The molecule has 12 heteroatoms. The van der Waals surface area contributed by atoms with E-state index in [1.165, 1.54) is 58.6 Å². The van der Waals surface area contributed by atoms with Crippen molar-refractivity contribution in [3.8, 4) is 11.5 Å². The highest BCUT2D eigenvalue weighted by Crippen LogP contribution is 2.31. The monoisotopic (exact) mass is 561 g/mol. The summed E-state index contributed by atoms with van der Waals surface area (Å²) in [6.45, 7) is 1.12. The summed E-state index contributed by atoms with van der Waals surface area (Å²) in [5.41, 5.74) is 1.56. The van der Waals surface area contributed by atoms with Crippen LogP contribution in [0.3, 0.4) is 0 Å². The molecule has 0 aliphatic heterocycles. The number of amides is 1. The summed E-state index contributed by atoms with van der Waals surface area (Å²) < 4.78 is 65.1. The largest absolute Gasteiger partial charge is 0.493 e. The van der Waals surface area contributed by atoms with E-state index in [4.69, 9.17) is 9.47 Å². The van der Waals surface area contributed by atoms with Crippen LogP contribution in [-0.2, 0) is 31.4 Å². The van der Waals surface area contributed by atoms with E-state index in [2.05, 4.69) is 5.32 Å². The summed E-state index contributed by atoms with van der Waals surface area (Å²) in [6.07, 6.45) is 0. The molecule has 0 bridgehead atoms. The third kappa shape index (κ3) is 6.51. The molecule has 0 saturated carbocycles. The van der Waals surface area contributed by atoms with E-state index in [0.29, 0.717) is 16.9 Å². The average molecular weight is 562 g/mol. The van der Waals surface area contributed by atoms with Crippen molar-refractivity contribution in [1.82, 2.24) is 8.61 Å². The Balaban J connectivity index is 1.95. The van der Waals surface area contributed by atoms with Crippen LogP contribution in [0.15, 0.2) is 76.5 Å². The SMILES string of the molecule is COc1ccc(S(=O)(=O)N(CC(=O)Nc2cc(S(=O)(=O)N(C)C)ccc2C)Cc2ccccc2)cc1OC.